The molecule has 1 heterocycles. The van der Waals surface area contributed by atoms with Crippen molar-refractivity contribution >= 4 is 31.6 Å². The molecule has 0 bridgehead atoms. The molecule has 0 N–H and O–H groups in total. The third-order valence-electron chi connectivity index (χ3n) is 2.45. The Kier molecular flexibility index (Phi) is 2.91. The largest absolute Gasteiger partial charge is 0.269 e. The Balaban J connectivity index is 2.53. The lowest BCUT2D eigenvalue weighted by molar-refractivity contribution is 0.599. The molecule has 0 amide bonds. The minimum Gasteiger partial charge on any atom is -0.269 e. The minimum atomic E-state index is -3.22. The van der Waals surface area contributed by atoms with Crippen molar-refractivity contribution in [2.75, 3.05) is 16.6 Å². The van der Waals surface area contributed by atoms with Crippen LogP contribution in [0.15, 0.2) is 22.7 Å². The van der Waals surface area contributed by atoms with E-state index in [0.717, 1.165) is 4.47 Å². The standard InChI is InChI=1S/C10H9BrN2O2S/c11-9-2-3-10(8(6-9)7-12)13-4-1-5-16(13,14)15/h2-3,6H,1,4-5H2. The van der Waals surface area contributed by atoms with Crippen LogP contribution >= 0.6 is 15.9 Å². The highest BCUT2D eigenvalue weighted by molar-refractivity contribution is 9.10. The summed E-state index contributed by atoms with van der Waals surface area (Å²) in [6, 6.07) is 7.04. The number of halogens is 1. The van der Waals surface area contributed by atoms with E-state index < -0.39 is 10.0 Å². The van der Waals surface area contributed by atoms with Crippen molar-refractivity contribution in [1.82, 2.24) is 0 Å². The van der Waals surface area contributed by atoms with E-state index in [1.165, 1.54) is 4.31 Å². The molecule has 0 saturated carbocycles. The number of sulfonamides is 1. The highest BCUT2D eigenvalue weighted by Gasteiger charge is 2.29. The lowest BCUT2D eigenvalue weighted by Gasteiger charge is -2.18. The van der Waals surface area contributed by atoms with E-state index in [-0.39, 0.29) is 5.75 Å². The molecule has 1 aromatic rings. The number of nitrogens with zero attached hydrogens (tertiary/aromatic N) is 2. The Labute approximate surface area is 103 Å². The average Bonchev–Trinajstić information content (AvgIpc) is 2.58. The quantitative estimate of drug-likeness (QED) is 0.795. The van der Waals surface area contributed by atoms with Gasteiger partial charge in [-0.2, -0.15) is 5.26 Å². The van der Waals surface area contributed by atoms with Gasteiger partial charge in [0.25, 0.3) is 0 Å². The molecule has 2 rings (SSSR count). The zero-order valence-electron chi connectivity index (χ0n) is 8.35. The molecule has 0 unspecified atom stereocenters. The molecule has 0 aromatic heterocycles. The third kappa shape index (κ3) is 1.93. The van der Waals surface area contributed by atoms with Crippen LogP contribution in [0.2, 0.25) is 0 Å². The van der Waals surface area contributed by atoms with Crippen LogP contribution in [0.25, 0.3) is 0 Å². The summed E-state index contributed by atoms with van der Waals surface area (Å²) < 4.78 is 25.5. The van der Waals surface area contributed by atoms with Gasteiger partial charge in [0.15, 0.2) is 0 Å². The van der Waals surface area contributed by atoms with E-state index in [9.17, 15) is 8.42 Å². The fraction of sp³-hybridized carbons (Fsp3) is 0.300. The molecule has 1 saturated heterocycles. The summed E-state index contributed by atoms with van der Waals surface area (Å²) in [5.41, 5.74) is 0.850. The molecule has 0 aliphatic carbocycles. The fourth-order valence-electron chi connectivity index (χ4n) is 1.73. The zero-order chi connectivity index (χ0) is 11.8. The van der Waals surface area contributed by atoms with Crippen molar-refractivity contribution in [2.45, 2.75) is 6.42 Å². The van der Waals surface area contributed by atoms with Crippen molar-refractivity contribution in [3.8, 4) is 6.07 Å². The van der Waals surface area contributed by atoms with Gasteiger partial charge in [0.2, 0.25) is 10.0 Å². The first-order valence-electron chi connectivity index (χ1n) is 4.75. The van der Waals surface area contributed by atoms with Gasteiger partial charge < -0.3 is 0 Å². The molecule has 4 nitrogen and oxygen atoms in total. The second kappa shape index (κ2) is 4.07. The monoisotopic (exact) mass is 300 g/mol. The Morgan fingerprint density at radius 3 is 2.75 bits per heavy atom. The molecule has 0 atom stereocenters. The molecule has 1 aromatic carbocycles. The summed E-state index contributed by atoms with van der Waals surface area (Å²) in [6.07, 6.45) is 0.614. The van der Waals surface area contributed by atoms with E-state index in [2.05, 4.69) is 15.9 Å². The number of benzene rings is 1. The van der Waals surface area contributed by atoms with Gasteiger partial charge in [-0.1, -0.05) is 15.9 Å². The maximum Gasteiger partial charge on any atom is 0.235 e. The first-order chi connectivity index (χ1) is 7.54. The molecule has 1 aliphatic rings. The van der Waals surface area contributed by atoms with Gasteiger partial charge >= 0.3 is 0 Å². The van der Waals surface area contributed by atoms with Gasteiger partial charge in [0.05, 0.1) is 17.0 Å². The molecular weight excluding hydrogens is 292 g/mol. The summed E-state index contributed by atoms with van der Waals surface area (Å²) in [4.78, 5) is 0. The summed E-state index contributed by atoms with van der Waals surface area (Å²) >= 11 is 3.26. The third-order valence-corrected chi connectivity index (χ3v) is 4.80. The maximum absolute atomic E-state index is 11.7. The molecule has 84 valence electrons. The number of hydrogen-bond acceptors (Lipinski definition) is 3. The Morgan fingerprint density at radius 1 is 1.44 bits per heavy atom. The smallest absolute Gasteiger partial charge is 0.235 e. The first kappa shape index (κ1) is 11.4. The second-order valence-corrected chi connectivity index (χ2v) is 6.44. The van der Waals surface area contributed by atoms with E-state index in [1.807, 2.05) is 6.07 Å². The van der Waals surface area contributed by atoms with Gasteiger partial charge in [-0.3, -0.25) is 4.31 Å². The van der Waals surface area contributed by atoms with Gasteiger partial charge in [-0.25, -0.2) is 8.42 Å². The van der Waals surface area contributed by atoms with E-state index >= 15 is 0 Å². The van der Waals surface area contributed by atoms with Crippen LogP contribution in [-0.4, -0.2) is 20.7 Å². The van der Waals surface area contributed by atoms with Crippen LogP contribution in [0, 0.1) is 11.3 Å². The van der Waals surface area contributed by atoms with Crippen molar-refractivity contribution in [2.24, 2.45) is 0 Å². The summed E-state index contributed by atoms with van der Waals surface area (Å²) in [5.74, 6) is 0.161. The Morgan fingerprint density at radius 2 is 2.19 bits per heavy atom. The highest BCUT2D eigenvalue weighted by atomic mass is 79.9. The second-order valence-electron chi connectivity index (χ2n) is 3.51. The van der Waals surface area contributed by atoms with Crippen LogP contribution in [0.5, 0.6) is 0 Å². The van der Waals surface area contributed by atoms with Crippen LogP contribution in [0.4, 0.5) is 5.69 Å². The van der Waals surface area contributed by atoms with Gasteiger partial charge in [-0.15, -0.1) is 0 Å². The molecule has 0 spiro atoms. The number of rotatable bonds is 1. The molecule has 16 heavy (non-hydrogen) atoms. The van der Waals surface area contributed by atoms with E-state index in [4.69, 9.17) is 5.26 Å². The van der Waals surface area contributed by atoms with Gasteiger partial charge in [0.1, 0.15) is 6.07 Å². The SMILES string of the molecule is N#Cc1cc(Br)ccc1N1CCCS1(=O)=O. The number of hydrogen-bond donors (Lipinski definition) is 0. The number of nitriles is 1. The van der Waals surface area contributed by atoms with E-state index in [0.29, 0.717) is 24.2 Å². The van der Waals surface area contributed by atoms with Gasteiger partial charge in [-0.05, 0) is 24.6 Å². The van der Waals surface area contributed by atoms with E-state index in [1.54, 1.807) is 18.2 Å². The molecular formula is C10H9BrN2O2S. The average molecular weight is 301 g/mol. The first-order valence-corrected chi connectivity index (χ1v) is 7.15. The highest BCUT2D eigenvalue weighted by Crippen LogP contribution is 2.29. The Hall–Kier alpha value is -1.06. The predicted octanol–water partition coefficient (Wildman–Crippen LogP) is 1.86. The summed E-state index contributed by atoms with van der Waals surface area (Å²) in [6.45, 7) is 0.457. The van der Waals surface area contributed by atoms with Crippen molar-refractivity contribution in [1.29, 1.82) is 5.26 Å². The van der Waals surface area contributed by atoms with Crippen molar-refractivity contribution in [3.63, 3.8) is 0 Å². The summed E-state index contributed by atoms with van der Waals surface area (Å²) in [7, 11) is -3.22. The molecule has 1 aliphatic heterocycles. The van der Waals surface area contributed by atoms with Crippen LogP contribution in [0.3, 0.4) is 0 Å². The molecule has 1 fully saturated rings. The molecule has 0 radical (unpaired) electrons. The summed E-state index contributed by atoms with van der Waals surface area (Å²) in [5, 5.41) is 8.98. The topological polar surface area (TPSA) is 61.2 Å². The predicted molar refractivity (Wildman–Crippen MR) is 64.6 cm³/mol. The fourth-order valence-corrected chi connectivity index (χ4v) is 3.67. The van der Waals surface area contributed by atoms with Crippen molar-refractivity contribution in [3.05, 3.63) is 28.2 Å². The minimum absolute atomic E-state index is 0.161. The van der Waals surface area contributed by atoms with Crippen LogP contribution < -0.4 is 4.31 Å². The lowest BCUT2D eigenvalue weighted by atomic mass is 10.2. The zero-order valence-corrected chi connectivity index (χ0v) is 10.8. The van der Waals surface area contributed by atoms with Crippen molar-refractivity contribution < 1.29 is 8.42 Å². The van der Waals surface area contributed by atoms with Crippen LogP contribution in [-0.2, 0) is 10.0 Å². The maximum atomic E-state index is 11.7. The number of anilines is 1. The normalized spacial score (nSPS) is 18.4. The molecule has 6 heteroatoms. The van der Waals surface area contributed by atoms with Crippen LogP contribution in [0.1, 0.15) is 12.0 Å². The Bertz CT molecular complexity index is 563. The van der Waals surface area contributed by atoms with Gasteiger partial charge in [0, 0.05) is 11.0 Å². The lowest BCUT2D eigenvalue weighted by Crippen LogP contribution is -2.25.